The molecule has 6 nitrogen and oxygen atoms in total. The Kier molecular flexibility index (Phi) is 6.25. The molecule has 0 atom stereocenters. The number of fused-ring (bicyclic) bond motifs is 1. The average molecular weight is 544 g/mol. The van der Waals surface area contributed by atoms with E-state index in [0.717, 1.165) is 12.1 Å². The lowest BCUT2D eigenvalue weighted by molar-refractivity contribution is -0.137. The first kappa shape index (κ1) is 25.2. The minimum atomic E-state index is -4.59. The fraction of sp³-hybridized carbons (Fsp3) is 0.0690. The summed E-state index contributed by atoms with van der Waals surface area (Å²) in [7, 11) is 0. The minimum Gasteiger partial charge on any atom is -0.266 e. The van der Waals surface area contributed by atoms with Crippen molar-refractivity contribution >= 4 is 0 Å². The van der Waals surface area contributed by atoms with E-state index in [4.69, 9.17) is 0 Å². The molecule has 0 N–H and O–H groups in total. The van der Waals surface area contributed by atoms with Crippen molar-refractivity contribution in [3.63, 3.8) is 0 Å². The monoisotopic (exact) mass is 544 g/mol. The normalized spacial score (nSPS) is 11.7. The zero-order chi connectivity index (χ0) is 27.9. The van der Waals surface area contributed by atoms with Gasteiger partial charge in [-0.15, -0.1) is 0 Å². The molecule has 40 heavy (non-hydrogen) atoms. The van der Waals surface area contributed by atoms with Gasteiger partial charge in [0.25, 0.3) is 0 Å². The van der Waals surface area contributed by atoms with Crippen molar-refractivity contribution in [3.8, 4) is 45.2 Å². The summed E-state index contributed by atoms with van der Waals surface area (Å²) in [5, 5.41) is 4.28. The summed E-state index contributed by atoms with van der Waals surface area (Å²) in [6.45, 7) is 0.242. The van der Waals surface area contributed by atoms with E-state index in [1.165, 1.54) is 42.9 Å². The zero-order valence-corrected chi connectivity index (χ0v) is 20.4. The topological polar surface area (TPSA) is 69.4 Å². The third kappa shape index (κ3) is 4.89. The summed E-state index contributed by atoms with van der Waals surface area (Å²) in [5.74, 6) is -2.00. The largest absolute Gasteiger partial charge is 0.417 e. The van der Waals surface area contributed by atoms with E-state index in [1.807, 2.05) is 0 Å². The second-order valence-electron chi connectivity index (χ2n) is 8.94. The SMILES string of the molecule is Fc1cccc(-c2nc3cnn(Cc4ccc(-c5ccc(-c6cccnc6)cc5C(F)(F)F)nc4)cc-3n2)c1F. The second kappa shape index (κ2) is 9.92. The number of imidazole rings is 1. The van der Waals surface area contributed by atoms with E-state index in [0.29, 0.717) is 28.1 Å². The molecule has 0 saturated heterocycles. The summed E-state index contributed by atoms with van der Waals surface area (Å²) >= 11 is 0. The first-order valence-electron chi connectivity index (χ1n) is 12.0. The molecular weight excluding hydrogens is 527 g/mol. The van der Waals surface area contributed by atoms with Crippen LogP contribution in [0.15, 0.2) is 91.6 Å². The molecular formula is C29H17F5N6. The Labute approximate surface area is 224 Å². The number of hydrogen-bond acceptors (Lipinski definition) is 5. The Bertz CT molecular complexity index is 1780. The molecule has 6 rings (SSSR count). The third-order valence-corrected chi connectivity index (χ3v) is 6.27. The summed E-state index contributed by atoms with van der Waals surface area (Å²) in [6, 6.07) is 14.4. The van der Waals surface area contributed by atoms with Crippen LogP contribution in [0, 0.1) is 11.6 Å². The van der Waals surface area contributed by atoms with Gasteiger partial charge in [-0.25, -0.2) is 18.7 Å². The van der Waals surface area contributed by atoms with E-state index in [2.05, 4.69) is 25.0 Å². The molecule has 2 aromatic heterocycles. The molecule has 198 valence electrons. The number of alkyl halides is 3. The summed E-state index contributed by atoms with van der Waals surface area (Å²) in [4.78, 5) is 16.8. The number of benzene rings is 2. The Morgan fingerprint density at radius 2 is 1.60 bits per heavy atom. The van der Waals surface area contributed by atoms with Crippen LogP contribution >= 0.6 is 0 Å². The highest BCUT2D eigenvalue weighted by Gasteiger charge is 2.34. The molecule has 0 spiro atoms. The maximum atomic E-state index is 14.2. The van der Waals surface area contributed by atoms with Gasteiger partial charge in [-0.3, -0.25) is 14.6 Å². The lowest BCUT2D eigenvalue weighted by Crippen LogP contribution is -2.08. The molecule has 0 radical (unpaired) electrons. The van der Waals surface area contributed by atoms with Crippen LogP contribution in [-0.2, 0) is 12.7 Å². The van der Waals surface area contributed by atoms with Crippen molar-refractivity contribution in [3.05, 3.63) is 114 Å². The first-order valence-corrected chi connectivity index (χ1v) is 12.0. The van der Waals surface area contributed by atoms with Crippen LogP contribution in [0.25, 0.3) is 45.2 Å². The molecule has 11 heteroatoms. The number of rotatable bonds is 5. The first-order chi connectivity index (χ1) is 19.3. The molecule has 2 aromatic carbocycles. The fourth-order valence-electron chi connectivity index (χ4n) is 4.32. The smallest absolute Gasteiger partial charge is 0.266 e. The van der Waals surface area contributed by atoms with Gasteiger partial charge in [0.05, 0.1) is 35.8 Å². The van der Waals surface area contributed by atoms with Gasteiger partial charge in [-0.05, 0) is 41.5 Å². The Hall–Kier alpha value is -5.06. The van der Waals surface area contributed by atoms with Gasteiger partial charge < -0.3 is 0 Å². The third-order valence-electron chi connectivity index (χ3n) is 6.27. The molecule has 0 bridgehead atoms. The van der Waals surface area contributed by atoms with Gasteiger partial charge in [0, 0.05) is 29.7 Å². The highest BCUT2D eigenvalue weighted by Crippen LogP contribution is 2.39. The van der Waals surface area contributed by atoms with Crippen molar-refractivity contribution in [1.29, 1.82) is 0 Å². The number of aromatic nitrogens is 6. The van der Waals surface area contributed by atoms with Crippen molar-refractivity contribution in [2.24, 2.45) is 0 Å². The van der Waals surface area contributed by atoms with Crippen LogP contribution in [0.1, 0.15) is 11.1 Å². The van der Waals surface area contributed by atoms with Crippen molar-refractivity contribution in [2.75, 3.05) is 0 Å². The molecule has 0 saturated carbocycles. The lowest BCUT2D eigenvalue weighted by atomic mass is 9.97. The molecule has 0 fully saturated rings. The Morgan fingerprint density at radius 1 is 0.750 bits per heavy atom. The van der Waals surface area contributed by atoms with Gasteiger partial charge in [-0.2, -0.15) is 18.3 Å². The van der Waals surface area contributed by atoms with E-state index >= 15 is 0 Å². The highest BCUT2D eigenvalue weighted by molar-refractivity contribution is 5.72. The summed E-state index contributed by atoms with van der Waals surface area (Å²) in [5.41, 5.74) is 1.75. The maximum absolute atomic E-state index is 14.2. The fourth-order valence-corrected chi connectivity index (χ4v) is 4.32. The Balaban J connectivity index is 1.26. The van der Waals surface area contributed by atoms with Crippen LogP contribution in [0.4, 0.5) is 22.0 Å². The lowest BCUT2D eigenvalue weighted by Gasteiger charge is -2.15. The predicted molar refractivity (Wildman–Crippen MR) is 137 cm³/mol. The molecule has 2 aliphatic rings. The summed E-state index contributed by atoms with van der Waals surface area (Å²) < 4.78 is 71.3. The molecule has 4 aromatic rings. The van der Waals surface area contributed by atoms with Gasteiger partial charge in [0.2, 0.25) is 0 Å². The van der Waals surface area contributed by atoms with Gasteiger partial charge in [-0.1, -0.05) is 30.3 Å². The highest BCUT2D eigenvalue weighted by atomic mass is 19.4. The van der Waals surface area contributed by atoms with E-state index in [-0.39, 0.29) is 29.2 Å². The maximum Gasteiger partial charge on any atom is 0.417 e. The van der Waals surface area contributed by atoms with E-state index in [1.54, 1.807) is 41.3 Å². The number of hydrogen-bond donors (Lipinski definition) is 0. The number of nitrogens with zero attached hydrogens (tertiary/aromatic N) is 6. The second-order valence-corrected chi connectivity index (χ2v) is 8.94. The minimum absolute atomic E-state index is 0.0348. The van der Waals surface area contributed by atoms with Crippen LogP contribution in [0.3, 0.4) is 0 Å². The molecule has 0 amide bonds. The predicted octanol–water partition coefficient (Wildman–Crippen LogP) is 6.91. The Morgan fingerprint density at radius 3 is 2.35 bits per heavy atom. The zero-order valence-electron chi connectivity index (χ0n) is 20.4. The van der Waals surface area contributed by atoms with Gasteiger partial charge in [0.1, 0.15) is 11.4 Å². The van der Waals surface area contributed by atoms with Crippen LogP contribution in [-0.4, -0.2) is 29.7 Å². The van der Waals surface area contributed by atoms with Gasteiger partial charge >= 0.3 is 6.18 Å². The van der Waals surface area contributed by atoms with Crippen LogP contribution in [0.2, 0.25) is 0 Å². The van der Waals surface area contributed by atoms with Crippen molar-refractivity contribution in [1.82, 2.24) is 29.7 Å². The molecule has 4 heterocycles. The van der Waals surface area contributed by atoms with E-state index in [9.17, 15) is 22.0 Å². The van der Waals surface area contributed by atoms with Crippen molar-refractivity contribution in [2.45, 2.75) is 12.7 Å². The number of halogens is 5. The van der Waals surface area contributed by atoms with Crippen molar-refractivity contribution < 1.29 is 22.0 Å². The standard InChI is InChI=1S/C29H17F5N6/c30-23-5-1-4-21(27(23)31)28-38-25-14-37-40(16-26(25)39-28)15-17-6-9-24(36-12-17)20-8-7-18(11-22(20)29(32,33)34)19-3-2-10-35-13-19/h1-14,16H,15H2. The van der Waals surface area contributed by atoms with Crippen LogP contribution in [0.5, 0.6) is 0 Å². The summed E-state index contributed by atoms with van der Waals surface area (Å²) in [6.07, 6.45) is 3.00. The van der Waals surface area contributed by atoms with Gasteiger partial charge in [0.15, 0.2) is 17.5 Å². The molecule has 0 unspecified atom stereocenters. The molecule has 2 aliphatic heterocycles. The quantitative estimate of drug-likeness (QED) is 0.221. The van der Waals surface area contributed by atoms with E-state index < -0.39 is 23.4 Å². The molecule has 0 aliphatic carbocycles. The van der Waals surface area contributed by atoms with Crippen LogP contribution < -0.4 is 0 Å². The average Bonchev–Trinajstić information content (AvgIpc) is 3.38. The number of pyridine rings is 2.